The van der Waals surface area contributed by atoms with E-state index in [2.05, 4.69) is 31.0 Å². The zero-order valence-electron chi connectivity index (χ0n) is 11.9. The minimum absolute atomic E-state index is 0.801. The highest BCUT2D eigenvalue weighted by Gasteiger charge is 2.32. The van der Waals surface area contributed by atoms with E-state index in [-0.39, 0.29) is 0 Å². The zero-order chi connectivity index (χ0) is 12.3. The Bertz CT molecular complexity index is 229. The molecule has 0 spiro atoms. The summed E-state index contributed by atoms with van der Waals surface area (Å²) in [6, 6.07) is 1.67. The van der Waals surface area contributed by atoms with Crippen molar-refractivity contribution in [3.8, 4) is 0 Å². The van der Waals surface area contributed by atoms with Crippen LogP contribution < -0.4 is 5.32 Å². The van der Waals surface area contributed by atoms with Crippen molar-refractivity contribution in [1.82, 2.24) is 10.2 Å². The molecule has 2 heteroatoms. The van der Waals surface area contributed by atoms with Gasteiger partial charge in [-0.2, -0.15) is 0 Å². The van der Waals surface area contributed by atoms with E-state index in [0.29, 0.717) is 0 Å². The van der Waals surface area contributed by atoms with Gasteiger partial charge < -0.3 is 10.2 Å². The third-order valence-corrected chi connectivity index (χ3v) is 4.97. The molecule has 100 valence electrons. The SMILES string of the molecule is CCCNC1CCC(N2CCC(C)C(C)C2)C1. The van der Waals surface area contributed by atoms with Crippen LogP contribution in [-0.2, 0) is 0 Å². The predicted molar refractivity (Wildman–Crippen MR) is 74.2 cm³/mol. The molecule has 4 atom stereocenters. The lowest BCUT2D eigenvalue weighted by Gasteiger charge is -2.39. The molecule has 1 aliphatic carbocycles. The monoisotopic (exact) mass is 238 g/mol. The van der Waals surface area contributed by atoms with Crippen molar-refractivity contribution >= 4 is 0 Å². The van der Waals surface area contributed by atoms with Gasteiger partial charge >= 0.3 is 0 Å². The summed E-state index contributed by atoms with van der Waals surface area (Å²) in [5.41, 5.74) is 0. The molecule has 0 amide bonds. The van der Waals surface area contributed by atoms with Crippen molar-refractivity contribution in [2.24, 2.45) is 11.8 Å². The Balaban J connectivity index is 1.76. The van der Waals surface area contributed by atoms with Gasteiger partial charge in [0.05, 0.1) is 0 Å². The first-order valence-electron chi connectivity index (χ1n) is 7.68. The van der Waals surface area contributed by atoms with Crippen LogP contribution >= 0.6 is 0 Å². The van der Waals surface area contributed by atoms with E-state index in [0.717, 1.165) is 23.9 Å². The Labute approximate surface area is 107 Å². The van der Waals surface area contributed by atoms with Crippen LogP contribution in [0.3, 0.4) is 0 Å². The lowest BCUT2D eigenvalue weighted by molar-refractivity contribution is 0.0966. The van der Waals surface area contributed by atoms with E-state index in [1.807, 2.05) is 0 Å². The molecule has 1 aliphatic heterocycles. The average Bonchev–Trinajstić information content (AvgIpc) is 2.79. The second-order valence-corrected chi connectivity index (χ2v) is 6.36. The van der Waals surface area contributed by atoms with Crippen LogP contribution in [0.15, 0.2) is 0 Å². The van der Waals surface area contributed by atoms with Crippen molar-refractivity contribution in [1.29, 1.82) is 0 Å². The van der Waals surface area contributed by atoms with E-state index in [1.165, 1.54) is 51.7 Å². The summed E-state index contributed by atoms with van der Waals surface area (Å²) < 4.78 is 0. The first kappa shape index (κ1) is 13.4. The van der Waals surface area contributed by atoms with Crippen LogP contribution in [0.1, 0.15) is 52.9 Å². The first-order chi connectivity index (χ1) is 8.20. The van der Waals surface area contributed by atoms with Gasteiger partial charge in [-0.05, 0) is 57.0 Å². The topological polar surface area (TPSA) is 15.3 Å². The number of nitrogens with one attached hydrogen (secondary N) is 1. The molecule has 4 unspecified atom stereocenters. The van der Waals surface area contributed by atoms with Gasteiger partial charge in [0.15, 0.2) is 0 Å². The number of nitrogens with zero attached hydrogens (tertiary/aromatic N) is 1. The average molecular weight is 238 g/mol. The Hall–Kier alpha value is -0.0800. The van der Waals surface area contributed by atoms with E-state index in [4.69, 9.17) is 0 Å². The molecule has 1 saturated carbocycles. The number of hydrogen-bond acceptors (Lipinski definition) is 2. The Morgan fingerprint density at radius 1 is 1.12 bits per heavy atom. The van der Waals surface area contributed by atoms with Crippen molar-refractivity contribution in [3.05, 3.63) is 0 Å². The molecule has 2 fully saturated rings. The third-order valence-electron chi connectivity index (χ3n) is 4.97. The van der Waals surface area contributed by atoms with E-state index >= 15 is 0 Å². The summed E-state index contributed by atoms with van der Waals surface area (Å²) in [5.74, 6) is 1.83. The second kappa shape index (κ2) is 6.19. The van der Waals surface area contributed by atoms with Crippen LogP contribution in [-0.4, -0.2) is 36.6 Å². The lowest BCUT2D eigenvalue weighted by Crippen LogP contribution is -2.44. The largest absolute Gasteiger partial charge is 0.314 e. The Morgan fingerprint density at radius 2 is 1.94 bits per heavy atom. The van der Waals surface area contributed by atoms with Crippen LogP contribution in [0.25, 0.3) is 0 Å². The van der Waals surface area contributed by atoms with Crippen LogP contribution in [0.2, 0.25) is 0 Å². The Kier molecular flexibility index (Phi) is 4.87. The molecule has 2 aliphatic rings. The highest BCUT2D eigenvalue weighted by molar-refractivity contribution is 4.89. The van der Waals surface area contributed by atoms with E-state index in [9.17, 15) is 0 Å². The maximum absolute atomic E-state index is 3.69. The zero-order valence-corrected chi connectivity index (χ0v) is 11.9. The molecule has 2 rings (SSSR count). The fraction of sp³-hybridized carbons (Fsp3) is 1.00. The van der Waals surface area contributed by atoms with Gasteiger partial charge in [0.25, 0.3) is 0 Å². The van der Waals surface area contributed by atoms with Gasteiger partial charge in [0.2, 0.25) is 0 Å². The smallest absolute Gasteiger partial charge is 0.0111 e. The van der Waals surface area contributed by atoms with Gasteiger partial charge in [0, 0.05) is 18.6 Å². The number of hydrogen-bond donors (Lipinski definition) is 1. The first-order valence-corrected chi connectivity index (χ1v) is 7.68. The molecular formula is C15H30N2. The number of rotatable bonds is 4. The lowest BCUT2D eigenvalue weighted by atomic mass is 9.88. The van der Waals surface area contributed by atoms with Crippen molar-refractivity contribution in [2.45, 2.75) is 65.0 Å². The van der Waals surface area contributed by atoms with Gasteiger partial charge in [-0.1, -0.05) is 20.8 Å². The third kappa shape index (κ3) is 3.45. The van der Waals surface area contributed by atoms with Gasteiger partial charge in [-0.15, -0.1) is 0 Å². The standard InChI is InChI=1S/C15H30N2/c1-4-8-16-14-5-6-15(10-14)17-9-7-12(2)13(3)11-17/h12-16H,4-11H2,1-3H3. The maximum atomic E-state index is 3.69. The van der Waals surface area contributed by atoms with E-state index in [1.54, 1.807) is 0 Å². The summed E-state index contributed by atoms with van der Waals surface area (Å²) >= 11 is 0. The van der Waals surface area contributed by atoms with Crippen molar-refractivity contribution in [3.63, 3.8) is 0 Å². The van der Waals surface area contributed by atoms with Gasteiger partial charge in [-0.3, -0.25) is 0 Å². The van der Waals surface area contributed by atoms with Crippen molar-refractivity contribution in [2.75, 3.05) is 19.6 Å². The molecule has 0 aromatic carbocycles. The fourth-order valence-corrected chi connectivity index (χ4v) is 3.45. The molecule has 1 saturated heterocycles. The Morgan fingerprint density at radius 3 is 2.65 bits per heavy atom. The molecule has 2 nitrogen and oxygen atoms in total. The fourth-order valence-electron chi connectivity index (χ4n) is 3.45. The molecule has 0 radical (unpaired) electrons. The minimum atomic E-state index is 0.801. The molecule has 1 heterocycles. The molecule has 17 heavy (non-hydrogen) atoms. The molecule has 0 aromatic rings. The normalized spacial score (nSPS) is 39.7. The molecule has 1 N–H and O–H groups in total. The van der Waals surface area contributed by atoms with Crippen molar-refractivity contribution < 1.29 is 0 Å². The van der Waals surface area contributed by atoms with Crippen LogP contribution in [0.5, 0.6) is 0 Å². The van der Waals surface area contributed by atoms with Crippen LogP contribution in [0.4, 0.5) is 0 Å². The predicted octanol–water partition coefficient (Wildman–Crippen LogP) is 2.89. The quantitative estimate of drug-likeness (QED) is 0.810. The summed E-state index contributed by atoms with van der Waals surface area (Å²) in [5, 5.41) is 3.69. The molecule has 0 aromatic heterocycles. The highest BCUT2D eigenvalue weighted by Crippen LogP contribution is 2.30. The van der Waals surface area contributed by atoms with Gasteiger partial charge in [-0.25, -0.2) is 0 Å². The highest BCUT2D eigenvalue weighted by atomic mass is 15.2. The number of likely N-dealkylation sites (tertiary alicyclic amines) is 1. The molecule has 0 bridgehead atoms. The summed E-state index contributed by atoms with van der Waals surface area (Å²) in [4.78, 5) is 2.78. The second-order valence-electron chi connectivity index (χ2n) is 6.36. The summed E-state index contributed by atoms with van der Waals surface area (Å²) in [6.45, 7) is 11.0. The summed E-state index contributed by atoms with van der Waals surface area (Å²) in [7, 11) is 0. The minimum Gasteiger partial charge on any atom is -0.314 e. The summed E-state index contributed by atoms with van der Waals surface area (Å²) in [6.07, 6.45) is 6.87. The van der Waals surface area contributed by atoms with Crippen LogP contribution in [0, 0.1) is 11.8 Å². The molecular weight excluding hydrogens is 208 g/mol. The number of piperidine rings is 1. The maximum Gasteiger partial charge on any atom is 0.0111 e. The van der Waals surface area contributed by atoms with E-state index < -0.39 is 0 Å². The van der Waals surface area contributed by atoms with Gasteiger partial charge in [0.1, 0.15) is 0 Å².